The van der Waals surface area contributed by atoms with E-state index >= 15 is 0 Å². The topological polar surface area (TPSA) is 90.6 Å². The third-order valence-electron chi connectivity index (χ3n) is 5.56. The molecule has 1 aromatic heterocycles. The molecule has 2 amide bonds. The molecule has 0 saturated carbocycles. The van der Waals surface area contributed by atoms with Crippen LogP contribution in [0.1, 0.15) is 49.6 Å². The molecule has 1 aliphatic rings. The Morgan fingerprint density at radius 2 is 1.89 bits per heavy atom. The monoisotopic (exact) mass is 542 g/mol. The fourth-order valence-corrected chi connectivity index (χ4v) is 5.45. The van der Waals surface area contributed by atoms with Crippen LogP contribution in [0.5, 0.6) is 5.75 Å². The van der Waals surface area contributed by atoms with Gasteiger partial charge in [-0.15, -0.1) is 11.3 Å². The number of carbonyl (C=O) groups is 2. The number of rotatable bonds is 9. The number of thiophene rings is 1. The Balaban J connectivity index is 1.53. The second-order valence-corrected chi connectivity index (χ2v) is 10.1. The average Bonchev–Trinajstić information content (AvgIpc) is 3.26. The summed E-state index contributed by atoms with van der Waals surface area (Å²) in [6, 6.07) is 16.6. The van der Waals surface area contributed by atoms with E-state index in [9.17, 15) is 9.59 Å². The van der Waals surface area contributed by atoms with Gasteiger partial charge in [-0.1, -0.05) is 59.6 Å². The molecule has 1 aliphatic carbocycles. The fourth-order valence-electron chi connectivity index (χ4n) is 3.77. The normalized spacial score (nSPS) is 13.2. The van der Waals surface area contributed by atoms with Crippen molar-refractivity contribution in [3.63, 3.8) is 0 Å². The SMILES string of the molecule is COc1ccc(C(=O)Nc2sc(Cc3ccccc3)cc2C(N)=O)cc1COC1=C(Cl)CCC=C1Cl. The number of methoxy groups -OCH3 is 1. The molecule has 3 N–H and O–H groups in total. The lowest BCUT2D eigenvalue weighted by Crippen LogP contribution is -2.16. The van der Waals surface area contributed by atoms with Crippen LogP contribution in [0.3, 0.4) is 0 Å². The number of primary amides is 1. The van der Waals surface area contributed by atoms with Gasteiger partial charge in [0, 0.05) is 22.4 Å². The number of halogens is 2. The third kappa shape index (κ3) is 6.10. The van der Waals surface area contributed by atoms with Gasteiger partial charge in [0.05, 0.1) is 22.7 Å². The van der Waals surface area contributed by atoms with Crippen molar-refractivity contribution in [3.05, 3.63) is 104 Å². The molecule has 9 heteroatoms. The number of carbonyl (C=O) groups excluding carboxylic acids is 2. The second-order valence-electron chi connectivity index (χ2n) is 8.08. The second kappa shape index (κ2) is 11.6. The Labute approximate surface area is 223 Å². The van der Waals surface area contributed by atoms with Crippen LogP contribution in [0.2, 0.25) is 0 Å². The van der Waals surface area contributed by atoms with Crippen molar-refractivity contribution in [1.29, 1.82) is 0 Å². The highest BCUT2D eigenvalue weighted by Gasteiger charge is 2.19. The molecular formula is C27H24Cl2N2O4S. The smallest absolute Gasteiger partial charge is 0.256 e. The van der Waals surface area contributed by atoms with E-state index in [0.717, 1.165) is 16.9 Å². The minimum atomic E-state index is -0.604. The summed E-state index contributed by atoms with van der Waals surface area (Å²) in [5.41, 5.74) is 7.96. The number of nitrogens with one attached hydrogen (secondary N) is 1. The summed E-state index contributed by atoms with van der Waals surface area (Å²) >= 11 is 13.8. The van der Waals surface area contributed by atoms with E-state index in [1.807, 2.05) is 36.4 Å². The van der Waals surface area contributed by atoms with Gasteiger partial charge in [-0.05, 0) is 42.7 Å². The van der Waals surface area contributed by atoms with Crippen molar-refractivity contribution in [2.75, 3.05) is 12.4 Å². The zero-order chi connectivity index (χ0) is 25.7. The lowest BCUT2D eigenvalue weighted by molar-refractivity contribution is 0.100. The van der Waals surface area contributed by atoms with Crippen molar-refractivity contribution in [1.82, 2.24) is 0 Å². The quantitative estimate of drug-likeness (QED) is 0.319. The van der Waals surface area contributed by atoms with Gasteiger partial charge in [-0.25, -0.2) is 0 Å². The Kier molecular flexibility index (Phi) is 8.36. The van der Waals surface area contributed by atoms with E-state index in [1.54, 1.807) is 24.3 Å². The van der Waals surface area contributed by atoms with Crippen LogP contribution in [0.25, 0.3) is 0 Å². The van der Waals surface area contributed by atoms with E-state index in [-0.39, 0.29) is 18.1 Å². The van der Waals surface area contributed by atoms with Gasteiger partial charge in [0.25, 0.3) is 11.8 Å². The molecule has 4 rings (SSSR count). The summed E-state index contributed by atoms with van der Waals surface area (Å²) < 4.78 is 11.3. The van der Waals surface area contributed by atoms with Crippen LogP contribution in [0.4, 0.5) is 5.00 Å². The Hall–Kier alpha value is -3.26. The molecule has 0 aliphatic heterocycles. The summed E-state index contributed by atoms with van der Waals surface area (Å²) in [6.07, 6.45) is 3.89. The van der Waals surface area contributed by atoms with Crippen molar-refractivity contribution < 1.29 is 19.1 Å². The molecule has 3 aromatic rings. The average molecular weight is 543 g/mol. The maximum Gasteiger partial charge on any atom is 0.256 e. The maximum atomic E-state index is 13.1. The van der Waals surface area contributed by atoms with Crippen LogP contribution in [-0.2, 0) is 17.8 Å². The first kappa shape index (κ1) is 25.8. The predicted molar refractivity (Wildman–Crippen MR) is 144 cm³/mol. The summed E-state index contributed by atoms with van der Waals surface area (Å²) in [7, 11) is 1.54. The molecule has 0 atom stereocenters. The first-order valence-corrected chi connectivity index (χ1v) is 12.7. The lowest BCUT2D eigenvalue weighted by atomic mass is 10.1. The first-order valence-electron chi connectivity index (χ1n) is 11.2. The third-order valence-corrected chi connectivity index (χ3v) is 7.30. The molecule has 0 fully saturated rings. The highest BCUT2D eigenvalue weighted by atomic mass is 35.5. The number of amides is 2. The lowest BCUT2D eigenvalue weighted by Gasteiger charge is -2.17. The number of anilines is 1. The highest BCUT2D eigenvalue weighted by molar-refractivity contribution is 7.16. The van der Waals surface area contributed by atoms with Gasteiger partial charge in [0.15, 0.2) is 5.76 Å². The molecule has 0 bridgehead atoms. The highest BCUT2D eigenvalue weighted by Crippen LogP contribution is 2.33. The Bertz CT molecular complexity index is 1350. The molecular weight excluding hydrogens is 519 g/mol. The summed E-state index contributed by atoms with van der Waals surface area (Å²) in [5.74, 6) is -0.00925. The van der Waals surface area contributed by atoms with E-state index in [2.05, 4.69) is 5.32 Å². The first-order chi connectivity index (χ1) is 17.4. The van der Waals surface area contributed by atoms with Crippen molar-refractivity contribution >= 4 is 51.4 Å². The zero-order valence-electron chi connectivity index (χ0n) is 19.5. The summed E-state index contributed by atoms with van der Waals surface area (Å²) in [5, 5.41) is 4.26. The molecule has 0 radical (unpaired) electrons. The van der Waals surface area contributed by atoms with Crippen LogP contribution in [-0.4, -0.2) is 18.9 Å². The van der Waals surface area contributed by atoms with Crippen LogP contribution in [0, 0.1) is 0 Å². The van der Waals surface area contributed by atoms with Crippen molar-refractivity contribution in [2.45, 2.75) is 25.9 Å². The van der Waals surface area contributed by atoms with Crippen LogP contribution < -0.4 is 15.8 Å². The number of nitrogens with two attached hydrogens (primary N) is 1. The number of benzene rings is 2. The minimum Gasteiger partial charge on any atom is -0.496 e. The Morgan fingerprint density at radius 1 is 1.11 bits per heavy atom. The van der Waals surface area contributed by atoms with Gasteiger partial charge in [0.1, 0.15) is 17.4 Å². The van der Waals surface area contributed by atoms with E-state index in [0.29, 0.717) is 50.5 Å². The predicted octanol–water partition coefficient (Wildman–Crippen LogP) is 6.58. The minimum absolute atomic E-state index is 0.104. The molecule has 2 aromatic carbocycles. The number of allylic oxidation sites excluding steroid dienone is 3. The molecule has 0 spiro atoms. The van der Waals surface area contributed by atoms with E-state index in [1.165, 1.54) is 18.4 Å². The molecule has 186 valence electrons. The van der Waals surface area contributed by atoms with Gasteiger partial charge in [-0.2, -0.15) is 0 Å². The van der Waals surface area contributed by atoms with Crippen molar-refractivity contribution in [3.8, 4) is 5.75 Å². The van der Waals surface area contributed by atoms with E-state index < -0.39 is 5.91 Å². The largest absolute Gasteiger partial charge is 0.496 e. The van der Waals surface area contributed by atoms with Gasteiger partial charge >= 0.3 is 0 Å². The zero-order valence-corrected chi connectivity index (χ0v) is 21.8. The summed E-state index contributed by atoms with van der Waals surface area (Å²) in [4.78, 5) is 26.1. The number of ether oxygens (including phenoxy) is 2. The molecule has 1 heterocycles. The summed E-state index contributed by atoms with van der Waals surface area (Å²) in [6.45, 7) is 0.104. The maximum absolute atomic E-state index is 13.1. The number of hydrogen-bond donors (Lipinski definition) is 2. The van der Waals surface area contributed by atoms with Crippen molar-refractivity contribution in [2.24, 2.45) is 5.73 Å². The van der Waals surface area contributed by atoms with Crippen LogP contribution >= 0.6 is 34.5 Å². The standard InChI is InChI=1S/C27H24Cl2N2O4S/c1-34-23-11-10-17(13-18(23)15-35-24-21(28)8-5-9-22(24)29)26(33)31-27-20(25(30)32)14-19(36-27)12-16-6-3-2-4-7-16/h2-4,6-8,10-11,13-14H,5,9,12,15H2,1H3,(H2,30,32)(H,31,33). The Morgan fingerprint density at radius 3 is 2.58 bits per heavy atom. The fraction of sp³-hybridized carbons (Fsp3) is 0.185. The molecule has 6 nitrogen and oxygen atoms in total. The molecule has 0 unspecified atom stereocenters. The van der Waals surface area contributed by atoms with Gasteiger partial charge < -0.3 is 20.5 Å². The van der Waals surface area contributed by atoms with E-state index in [4.69, 9.17) is 38.4 Å². The molecule has 0 saturated heterocycles. The van der Waals surface area contributed by atoms with Gasteiger partial charge in [-0.3, -0.25) is 9.59 Å². The van der Waals surface area contributed by atoms with Crippen LogP contribution in [0.15, 0.2) is 76.5 Å². The molecule has 36 heavy (non-hydrogen) atoms. The van der Waals surface area contributed by atoms with Gasteiger partial charge in [0.2, 0.25) is 0 Å². The number of hydrogen-bond acceptors (Lipinski definition) is 5.